The maximum absolute atomic E-state index is 13.2. The van der Waals surface area contributed by atoms with Gasteiger partial charge in [0.1, 0.15) is 11.4 Å². The fourth-order valence-corrected chi connectivity index (χ4v) is 2.45. The Morgan fingerprint density at radius 2 is 2.00 bits per heavy atom. The molecule has 1 N–H and O–H groups in total. The van der Waals surface area contributed by atoms with Crippen LogP contribution in [-0.2, 0) is 6.42 Å². The van der Waals surface area contributed by atoms with E-state index in [1.807, 2.05) is 30.3 Å². The minimum atomic E-state index is -0.797. The van der Waals surface area contributed by atoms with E-state index in [4.69, 9.17) is 0 Å². The summed E-state index contributed by atoms with van der Waals surface area (Å²) in [6, 6.07) is 16.2. The van der Waals surface area contributed by atoms with Crippen LogP contribution in [0.3, 0.4) is 0 Å². The first-order valence-corrected chi connectivity index (χ1v) is 6.99. The number of halogens is 2. The Labute approximate surface area is 126 Å². The number of benzene rings is 2. The molecule has 0 radical (unpaired) electrons. The van der Waals surface area contributed by atoms with Crippen LogP contribution in [-0.4, -0.2) is 5.54 Å². The zero-order valence-electron chi connectivity index (χ0n) is 11.0. The lowest BCUT2D eigenvalue weighted by atomic mass is 9.94. The van der Waals surface area contributed by atoms with Crippen LogP contribution in [0.5, 0.6) is 0 Å². The second-order valence-electron chi connectivity index (χ2n) is 4.89. The summed E-state index contributed by atoms with van der Waals surface area (Å²) in [6.07, 6.45) is 0.424. The van der Waals surface area contributed by atoms with E-state index >= 15 is 0 Å². The molecule has 0 bridgehead atoms. The van der Waals surface area contributed by atoms with Gasteiger partial charge in [0.25, 0.3) is 0 Å². The summed E-state index contributed by atoms with van der Waals surface area (Å²) in [6.45, 7) is 1.80. The highest BCUT2D eigenvalue weighted by atomic mass is 79.9. The van der Waals surface area contributed by atoms with Gasteiger partial charge in [-0.15, -0.1) is 0 Å². The summed E-state index contributed by atoms with van der Waals surface area (Å²) < 4.78 is 14.2. The van der Waals surface area contributed by atoms with Crippen LogP contribution < -0.4 is 5.32 Å². The van der Waals surface area contributed by atoms with Gasteiger partial charge in [-0.3, -0.25) is 0 Å². The van der Waals surface area contributed by atoms with Crippen LogP contribution >= 0.6 is 15.9 Å². The van der Waals surface area contributed by atoms with Crippen molar-refractivity contribution in [2.45, 2.75) is 18.9 Å². The fourth-order valence-electron chi connectivity index (χ4n) is 2.05. The van der Waals surface area contributed by atoms with E-state index in [1.165, 1.54) is 12.1 Å². The zero-order valence-corrected chi connectivity index (χ0v) is 12.6. The van der Waals surface area contributed by atoms with Crippen molar-refractivity contribution in [3.8, 4) is 6.07 Å². The molecule has 0 aliphatic heterocycles. The quantitative estimate of drug-likeness (QED) is 0.893. The van der Waals surface area contributed by atoms with Crippen LogP contribution in [0, 0.1) is 17.1 Å². The molecule has 20 heavy (non-hydrogen) atoms. The summed E-state index contributed by atoms with van der Waals surface area (Å²) in [4.78, 5) is 0. The molecule has 2 rings (SSSR count). The molecule has 102 valence electrons. The molecule has 4 heteroatoms. The summed E-state index contributed by atoms with van der Waals surface area (Å²) in [5, 5.41) is 12.6. The number of nitriles is 1. The molecule has 0 aliphatic rings. The first-order valence-electron chi connectivity index (χ1n) is 6.20. The highest BCUT2D eigenvalue weighted by molar-refractivity contribution is 9.10. The minimum Gasteiger partial charge on any atom is -0.367 e. The van der Waals surface area contributed by atoms with Crippen LogP contribution in [0.25, 0.3) is 0 Å². The maximum atomic E-state index is 13.2. The van der Waals surface area contributed by atoms with Crippen LogP contribution in [0.4, 0.5) is 10.1 Å². The highest BCUT2D eigenvalue weighted by Crippen LogP contribution is 2.22. The van der Waals surface area contributed by atoms with E-state index in [9.17, 15) is 9.65 Å². The molecule has 1 atom stereocenters. The van der Waals surface area contributed by atoms with Crippen molar-refractivity contribution in [1.82, 2.24) is 0 Å². The Bertz CT molecular complexity index is 601. The van der Waals surface area contributed by atoms with E-state index < -0.39 is 5.54 Å². The number of hydrogen-bond acceptors (Lipinski definition) is 2. The lowest BCUT2D eigenvalue weighted by molar-refractivity contribution is 0.613. The normalized spacial score (nSPS) is 13.3. The smallest absolute Gasteiger partial charge is 0.126 e. The third-order valence-corrected chi connectivity index (χ3v) is 3.43. The molecule has 1 unspecified atom stereocenters. The predicted octanol–water partition coefficient (Wildman–Crippen LogP) is 4.53. The van der Waals surface area contributed by atoms with Gasteiger partial charge in [-0.05, 0) is 42.8 Å². The average molecular weight is 333 g/mol. The third-order valence-electron chi connectivity index (χ3n) is 2.94. The molecule has 0 spiro atoms. The van der Waals surface area contributed by atoms with Crippen molar-refractivity contribution < 1.29 is 4.39 Å². The molecule has 0 amide bonds. The van der Waals surface area contributed by atoms with Gasteiger partial charge in [0, 0.05) is 16.6 Å². The van der Waals surface area contributed by atoms with Crippen molar-refractivity contribution in [2.24, 2.45) is 0 Å². The Morgan fingerprint density at radius 3 is 2.65 bits per heavy atom. The molecule has 0 heterocycles. The molecule has 0 aliphatic carbocycles. The number of nitrogens with one attached hydrogen (secondary N) is 1. The van der Waals surface area contributed by atoms with Gasteiger partial charge >= 0.3 is 0 Å². The van der Waals surface area contributed by atoms with Gasteiger partial charge in [-0.25, -0.2) is 4.39 Å². The second-order valence-corrected chi connectivity index (χ2v) is 5.80. The Morgan fingerprint density at radius 1 is 1.25 bits per heavy atom. The van der Waals surface area contributed by atoms with Crippen molar-refractivity contribution in [2.75, 3.05) is 5.32 Å². The third kappa shape index (κ3) is 3.82. The van der Waals surface area contributed by atoms with Crippen molar-refractivity contribution in [3.05, 3.63) is 64.4 Å². The first-order chi connectivity index (χ1) is 9.50. The Balaban J connectivity index is 2.19. The van der Waals surface area contributed by atoms with Crippen molar-refractivity contribution in [1.29, 1.82) is 5.26 Å². The van der Waals surface area contributed by atoms with E-state index in [0.717, 1.165) is 15.7 Å². The van der Waals surface area contributed by atoms with Crippen LogP contribution in [0.15, 0.2) is 53.0 Å². The maximum Gasteiger partial charge on any atom is 0.126 e. The Hall–Kier alpha value is -1.86. The lowest BCUT2D eigenvalue weighted by Crippen LogP contribution is -2.35. The largest absolute Gasteiger partial charge is 0.367 e. The summed E-state index contributed by atoms with van der Waals surface area (Å²) >= 11 is 3.40. The minimum absolute atomic E-state index is 0.287. The van der Waals surface area contributed by atoms with Crippen LogP contribution in [0.1, 0.15) is 12.5 Å². The molecular formula is C16H14BrFN2. The van der Waals surface area contributed by atoms with Gasteiger partial charge in [0.05, 0.1) is 6.07 Å². The van der Waals surface area contributed by atoms with E-state index in [0.29, 0.717) is 6.42 Å². The first kappa shape index (κ1) is 14.5. The molecule has 2 aromatic rings. The number of nitrogens with zero attached hydrogens (tertiary/aromatic N) is 1. The Kier molecular flexibility index (Phi) is 4.41. The summed E-state index contributed by atoms with van der Waals surface area (Å²) in [5.74, 6) is -0.287. The monoisotopic (exact) mass is 332 g/mol. The van der Waals surface area contributed by atoms with Gasteiger partial charge in [-0.2, -0.15) is 5.26 Å². The molecule has 0 fully saturated rings. The van der Waals surface area contributed by atoms with E-state index in [1.54, 1.807) is 13.0 Å². The zero-order chi connectivity index (χ0) is 14.6. The van der Waals surface area contributed by atoms with Gasteiger partial charge in [0.15, 0.2) is 0 Å². The summed E-state index contributed by atoms with van der Waals surface area (Å²) in [7, 11) is 0. The fraction of sp³-hybridized carbons (Fsp3) is 0.188. The molecular weight excluding hydrogens is 319 g/mol. The topological polar surface area (TPSA) is 35.8 Å². The summed E-state index contributed by atoms with van der Waals surface area (Å²) in [5.41, 5.74) is 0.838. The number of rotatable bonds is 4. The predicted molar refractivity (Wildman–Crippen MR) is 81.9 cm³/mol. The SMILES string of the molecule is CC(C#N)(Cc1cccc(F)c1)Nc1cccc(Br)c1. The molecule has 2 aromatic carbocycles. The molecule has 2 nitrogen and oxygen atoms in total. The lowest BCUT2D eigenvalue weighted by Gasteiger charge is -2.25. The van der Waals surface area contributed by atoms with E-state index in [-0.39, 0.29) is 5.82 Å². The number of hydrogen-bond donors (Lipinski definition) is 1. The van der Waals surface area contributed by atoms with Crippen LogP contribution in [0.2, 0.25) is 0 Å². The van der Waals surface area contributed by atoms with Gasteiger partial charge in [0.2, 0.25) is 0 Å². The van der Waals surface area contributed by atoms with Crippen molar-refractivity contribution in [3.63, 3.8) is 0 Å². The standard InChI is InChI=1S/C16H14BrFN2/c1-16(11-19,10-12-4-2-6-14(18)8-12)20-15-7-3-5-13(17)9-15/h2-9,20H,10H2,1H3. The highest BCUT2D eigenvalue weighted by Gasteiger charge is 2.24. The molecule has 0 aromatic heterocycles. The van der Waals surface area contributed by atoms with Gasteiger partial charge in [-0.1, -0.05) is 34.1 Å². The molecule has 0 saturated heterocycles. The van der Waals surface area contributed by atoms with Crippen molar-refractivity contribution >= 4 is 21.6 Å². The van der Waals surface area contributed by atoms with Gasteiger partial charge < -0.3 is 5.32 Å². The van der Waals surface area contributed by atoms with E-state index in [2.05, 4.69) is 27.3 Å². The number of anilines is 1. The molecule has 0 saturated carbocycles. The second kappa shape index (κ2) is 6.06. The average Bonchev–Trinajstić information content (AvgIpc) is 2.38.